The molecule has 0 aliphatic carbocycles. The van der Waals surface area contributed by atoms with Crippen LogP contribution < -0.4 is 10.6 Å². The summed E-state index contributed by atoms with van der Waals surface area (Å²) in [7, 11) is 0. The van der Waals surface area contributed by atoms with Gasteiger partial charge in [0.2, 0.25) is 11.8 Å². The number of nitrogens with zero attached hydrogens (tertiary/aromatic N) is 1. The van der Waals surface area contributed by atoms with Crippen LogP contribution in [-0.2, 0) is 9.59 Å². The molecule has 1 saturated heterocycles. The van der Waals surface area contributed by atoms with Crippen molar-refractivity contribution in [1.82, 2.24) is 4.90 Å². The quantitative estimate of drug-likeness (QED) is 0.779. The average molecular weight is 406 g/mol. The van der Waals surface area contributed by atoms with Gasteiger partial charge in [0.05, 0.1) is 22.3 Å². The van der Waals surface area contributed by atoms with Gasteiger partial charge in [-0.15, -0.1) is 0 Å². The lowest BCUT2D eigenvalue weighted by molar-refractivity contribution is -0.121. The highest BCUT2D eigenvalue weighted by Gasteiger charge is 2.26. The van der Waals surface area contributed by atoms with Gasteiger partial charge in [-0.25, -0.2) is 0 Å². The maximum absolute atomic E-state index is 12.4. The maximum Gasteiger partial charge on any atom is 0.238 e. The summed E-state index contributed by atoms with van der Waals surface area (Å²) in [5, 5.41) is 6.53. The van der Waals surface area contributed by atoms with Crippen LogP contribution in [0.5, 0.6) is 0 Å². The van der Waals surface area contributed by atoms with Crippen molar-refractivity contribution in [3.63, 3.8) is 0 Å². The summed E-state index contributed by atoms with van der Waals surface area (Å²) in [5.74, 6) is -0.173. The number of piperidine rings is 1. The van der Waals surface area contributed by atoms with E-state index in [4.69, 9.17) is 23.2 Å². The van der Waals surface area contributed by atoms with Crippen LogP contribution in [-0.4, -0.2) is 36.3 Å². The Balaban J connectivity index is 1.46. The van der Waals surface area contributed by atoms with E-state index in [-0.39, 0.29) is 24.3 Å². The molecule has 5 nitrogen and oxygen atoms in total. The molecule has 2 aromatic carbocycles. The number of amides is 2. The standard InChI is InChI=1S/C20H21Cl2N3O2/c21-16-7-4-8-17(22)19(16)24-18(26)13-25-11-9-14(10-12-25)20(27)23-15-5-2-1-3-6-15/h1-8,14H,9-13H2,(H,23,27)(H,24,26). The minimum Gasteiger partial charge on any atom is -0.326 e. The fourth-order valence-corrected chi connectivity index (χ4v) is 3.61. The molecular formula is C20H21Cl2N3O2. The molecule has 2 N–H and O–H groups in total. The Morgan fingerprint density at radius 2 is 1.56 bits per heavy atom. The minimum absolute atomic E-state index is 0.0353. The van der Waals surface area contributed by atoms with Gasteiger partial charge in [0, 0.05) is 11.6 Å². The number of benzene rings is 2. The van der Waals surface area contributed by atoms with E-state index in [0.29, 0.717) is 28.8 Å². The van der Waals surface area contributed by atoms with Crippen molar-refractivity contribution < 1.29 is 9.59 Å². The van der Waals surface area contributed by atoms with Crippen LogP contribution in [0.3, 0.4) is 0 Å². The molecule has 142 valence electrons. The fourth-order valence-electron chi connectivity index (χ4n) is 3.12. The third-order valence-corrected chi connectivity index (χ3v) is 5.22. The number of anilines is 2. The summed E-state index contributed by atoms with van der Waals surface area (Å²) in [6.45, 7) is 1.63. The van der Waals surface area contributed by atoms with Crippen molar-refractivity contribution in [2.45, 2.75) is 12.8 Å². The smallest absolute Gasteiger partial charge is 0.238 e. The predicted molar refractivity (Wildman–Crippen MR) is 109 cm³/mol. The third-order valence-electron chi connectivity index (χ3n) is 4.59. The SMILES string of the molecule is O=C(CN1CCC(C(=O)Nc2ccccc2)CC1)Nc1c(Cl)cccc1Cl. The molecule has 7 heteroatoms. The largest absolute Gasteiger partial charge is 0.326 e. The minimum atomic E-state index is -0.169. The molecule has 1 fully saturated rings. The van der Waals surface area contributed by atoms with Crippen molar-refractivity contribution >= 4 is 46.4 Å². The summed E-state index contributed by atoms with van der Waals surface area (Å²) < 4.78 is 0. The van der Waals surface area contributed by atoms with Gasteiger partial charge in [-0.2, -0.15) is 0 Å². The van der Waals surface area contributed by atoms with E-state index in [0.717, 1.165) is 18.5 Å². The number of likely N-dealkylation sites (tertiary alicyclic amines) is 1. The number of nitrogens with one attached hydrogen (secondary N) is 2. The van der Waals surface area contributed by atoms with Gasteiger partial charge in [0.15, 0.2) is 0 Å². The van der Waals surface area contributed by atoms with Crippen molar-refractivity contribution in [2.24, 2.45) is 5.92 Å². The highest BCUT2D eigenvalue weighted by Crippen LogP contribution is 2.29. The molecule has 0 unspecified atom stereocenters. The lowest BCUT2D eigenvalue weighted by Crippen LogP contribution is -2.41. The van der Waals surface area contributed by atoms with Gasteiger partial charge in [-0.3, -0.25) is 14.5 Å². The third kappa shape index (κ3) is 5.45. The van der Waals surface area contributed by atoms with Crippen molar-refractivity contribution in [3.8, 4) is 0 Å². The number of hydrogen-bond donors (Lipinski definition) is 2. The second-order valence-corrected chi connectivity index (χ2v) is 7.36. The van der Waals surface area contributed by atoms with Crippen molar-refractivity contribution in [3.05, 3.63) is 58.6 Å². The zero-order valence-corrected chi connectivity index (χ0v) is 16.3. The van der Waals surface area contributed by atoms with E-state index < -0.39 is 0 Å². The number of carbonyl (C=O) groups is 2. The molecule has 0 bridgehead atoms. The lowest BCUT2D eigenvalue weighted by atomic mass is 9.96. The zero-order chi connectivity index (χ0) is 19.2. The van der Waals surface area contributed by atoms with E-state index >= 15 is 0 Å². The fraction of sp³-hybridized carbons (Fsp3) is 0.300. The van der Waals surface area contributed by atoms with Gasteiger partial charge < -0.3 is 10.6 Å². The Bertz CT molecular complexity index is 786. The second kappa shape index (κ2) is 9.22. The first-order valence-corrected chi connectivity index (χ1v) is 9.60. The van der Waals surface area contributed by atoms with E-state index in [1.54, 1.807) is 18.2 Å². The van der Waals surface area contributed by atoms with Gasteiger partial charge >= 0.3 is 0 Å². The topological polar surface area (TPSA) is 61.4 Å². The van der Waals surface area contributed by atoms with Crippen LogP contribution in [0.1, 0.15) is 12.8 Å². The summed E-state index contributed by atoms with van der Waals surface area (Å²) in [4.78, 5) is 26.7. The Morgan fingerprint density at radius 3 is 2.19 bits per heavy atom. The number of para-hydroxylation sites is 2. The van der Waals surface area contributed by atoms with E-state index in [1.165, 1.54) is 0 Å². The highest BCUT2D eigenvalue weighted by molar-refractivity contribution is 6.39. The van der Waals surface area contributed by atoms with Gasteiger partial charge in [0.25, 0.3) is 0 Å². The van der Waals surface area contributed by atoms with E-state index in [1.807, 2.05) is 35.2 Å². The summed E-state index contributed by atoms with van der Waals surface area (Å²) >= 11 is 12.2. The molecule has 1 aliphatic heterocycles. The van der Waals surface area contributed by atoms with Gasteiger partial charge in [0.1, 0.15) is 0 Å². The Kier molecular flexibility index (Phi) is 6.72. The first-order valence-electron chi connectivity index (χ1n) is 8.85. The molecule has 2 aromatic rings. The Labute approximate surface area is 168 Å². The average Bonchev–Trinajstić information content (AvgIpc) is 2.66. The molecular weight excluding hydrogens is 385 g/mol. The monoisotopic (exact) mass is 405 g/mol. The lowest BCUT2D eigenvalue weighted by Gasteiger charge is -2.30. The van der Waals surface area contributed by atoms with E-state index in [2.05, 4.69) is 10.6 Å². The van der Waals surface area contributed by atoms with E-state index in [9.17, 15) is 9.59 Å². The summed E-state index contributed by atoms with van der Waals surface area (Å²) in [5.41, 5.74) is 1.24. The molecule has 2 amide bonds. The van der Waals surface area contributed by atoms with Crippen LogP contribution in [0.4, 0.5) is 11.4 Å². The first kappa shape index (κ1) is 19.7. The Morgan fingerprint density at radius 1 is 0.926 bits per heavy atom. The van der Waals surface area contributed by atoms with Crippen molar-refractivity contribution in [1.29, 1.82) is 0 Å². The molecule has 3 rings (SSSR count). The van der Waals surface area contributed by atoms with Crippen LogP contribution in [0.25, 0.3) is 0 Å². The number of rotatable bonds is 5. The zero-order valence-electron chi connectivity index (χ0n) is 14.8. The summed E-state index contributed by atoms with van der Waals surface area (Å²) in [6, 6.07) is 14.5. The van der Waals surface area contributed by atoms with Crippen LogP contribution in [0.15, 0.2) is 48.5 Å². The molecule has 1 aliphatic rings. The van der Waals surface area contributed by atoms with Crippen LogP contribution >= 0.6 is 23.2 Å². The number of halogens is 2. The normalized spacial score (nSPS) is 15.3. The summed E-state index contributed by atoms with van der Waals surface area (Å²) in [6.07, 6.45) is 1.44. The first-order chi connectivity index (χ1) is 13.0. The number of hydrogen-bond acceptors (Lipinski definition) is 3. The van der Waals surface area contributed by atoms with Crippen LogP contribution in [0, 0.1) is 5.92 Å². The molecule has 1 heterocycles. The molecule has 0 atom stereocenters. The molecule has 0 saturated carbocycles. The van der Waals surface area contributed by atoms with Gasteiger partial charge in [-0.05, 0) is 50.2 Å². The molecule has 27 heavy (non-hydrogen) atoms. The second-order valence-electron chi connectivity index (χ2n) is 6.55. The van der Waals surface area contributed by atoms with Crippen molar-refractivity contribution in [2.75, 3.05) is 30.3 Å². The Hall–Kier alpha value is -2.08. The predicted octanol–water partition coefficient (Wildman–Crippen LogP) is 4.28. The van der Waals surface area contributed by atoms with Crippen LogP contribution in [0.2, 0.25) is 10.0 Å². The molecule has 0 aromatic heterocycles. The van der Waals surface area contributed by atoms with Gasteiger partial charge in [-0.1, -0.05) is 47.5 Å². The maximum atomic E-state index is 12.4. The highest BCUT2D eigenvalue weighted by atomic mass is 35.5. The molecule has 0 spiro atoms. The number of carbonyl (C=O) groups excluding carboxylic acids is 2. The molecule has 0 radical (unpaired) electrons.